The van der Waals surface area contributed by atoms with E-state index in [9.17, 15) is 19.5 Å². The molecule has 2 atom stereocenters. The van der Waals surface area contributed by atoms with Crippen molar-refractivity contribution < 1.29 is 19.5 Å². The molecular formula is C13H14Cl2O4. The minimum atomic E-state index is -1.01. The third-order valence-electron chi connectivity index (χ3n) is 5.36. The van der Waals surface area contributed by atoms with Crippen LogP contribution in [0.5, 0.6) is 0 Å². The van der Waals surface area contributed by atoms with Gasteiger partial charge in [0, 0.05) is 10.8 Å². The van der Waals surface area contributed by atoms with Crippen molar-refractivity contribution in [3.8, 4) is 0 Å². The molecule has 0 saturated heterocycles. The Bertz CT molecular complexity index is 422. The van der Waals surface area contributed by atoms with Gasteiger partial charge in [-0.15, -0.1) is 0 Å². The molecule has 2 unspecified atom stereocenters. The maximum Gasteiger partial charge on any atom is 0.309 e. The van der Waals surface area contributed by atoms with Gasteiger partial charge in [-0.25, -0.2) is 0 Å². The van der Waals surface area contributed by atoms with Gasteiger partial charge in [0.05, 0.1) is 5.41 Å². The summed E-state index contributed by atoms with van der Waals surface area (Å²) in [6, 6.07) is 0. The standard InChI is InChI=1S/C13H14Cl2O4/c14-8(16)11-1-7-2-12(4-11,9(15)17)6-13(3-7,5-11)10(18)19/h7H,1-6H2,(H,18,19). The molecule has 0 aliphatic heterocycles. The average Bonchev–Trinajstić information content (AvgIpc) is 2.26. The van der Waals surface area contributed by atoms with Crippen molar-refractivity contribution >= 4 is 39.7 Å². The molecule has 6 heteroatoms. The van der Waals surface area contributed by atoms with E-state index >= 15 is 0 Å². The maximum atomic E-state index is 11.8. The number of carbonyl (C=O) groups excluding carboxylic acids is 2. The number of aliphatic carboxylic acids is 1. The predicted octanol–water partition coefficient (Wildman–Crippen LogP) is 2.56. The monoisotopic (exact) mass is 304 g/mol. The third kappa shape index (κ3) is 1.62. The van der Waals surface area contributed by atoms with Crippen molar-refractivity contribution in [1.82, 2.24) is 0 Å². The first-order chi connectivity index (χ1) is 8.74. The summed E-state index contributed by atoms with van der Waals surface area (Å²) in [7, 11) is 0. The van der Waals surface area contributed by atoms with E-state index in [0.717, 1.165) is 0 Å². The maximum absolute atomic E-state index is 11.8. The number of carboxylic acids is 1. The van der Waals surface area contributed by atoms with Crippen LogP contribution in [0.4, 0.5) is 0 Å². The summed E-state index contributed by atoms with van der Waals surface area (Å²) < 4.78 is 0. The van der Waals surface area contributed by atoms with Crippen LogP contribution in [0.2, 0.25) is 0 Å². The summed E-state index contributed by atoms with van der Waals surface area (Å²) in [5.74, 6) is -0.876. The van der Waals surface area contributed by atoms with Gasteiger partial charge in [-0.1, -0.05) is 0 Å². The van der Waals surface area contributed by atoms with Crippen LogP contribution in [-0.4, -0.2) is 21.6 Å². The largest absolute Gasteiger partial charge is 0.481 e. The highest BCUT2D eigenvalue weighted by Crippen LogP contribution is 2.70. The molecule has 0 radical (unpaired) electrons. The zero-order chi connectivity index (χ0) is 14.1. The normalized spacial score (nSPS) is 47.2. The van der Waals surface area contributed by atoms with E-state index in [1.165, 1.54) is 0 Å². The molecule has 4 aliphatic rings. The molecule has 0 aromatic rings. The van der Waals surface area contributed by atoms with E-state index in [-0.39, 0.29) is 18.8 Å². The second-order valence-electron chi connectivity index (χ2n) is 6.70. The molecule has 0 aromatic heterocycles. The molecule has 0 aromatic carbocycles. The highest BCUT2D eigenvalue weighted by atomic mass is 35.5. The number of hydrogen-bond acceptors (Lipinski definition) is 3. The lowest BCUT2D eigenvalue weighted by molar-refractivity contribution is -0.189. The molecule has 4 bridgehead atoms. The molecule has 0 heterocycles. The average molecular weight is 305 g/mol. The van der Waals surface area contributed by atoms with Gasteiger partial charge in [0.1, 0.15) is 0 Å². The molecule has 1 N–H and O–H groups in total. The first kappa shape index (κ1) is 13.4. The van der Waals surface area contributed by atoms with Gasteiger partial charge >= 0.3 is 5.97 Å². The van der Waals surface area contributed by atoms with Gasteiger partial charge in [0.25, 0.3) is 0 Å². The smallest absolute Gasteiger partial charge is 0.309 e. The summed E-state index contributed by atoms with van der Waals surface area (Å²) >= 11 is 11.5. The van der Waals surface area contributed by atoms with Crippen molar-refractivity contribution in [2.75, 3.05) is 0 Å². The summed E-state index contributed by atoms with van der Waals surface area (Å²) in [4.78, 5) is 35.4. The number of hydrogen-bond donors (Lipinski definition) is 1. The molecule has 104 valence electrons. The highest BCUT2D eigenvalue weighted by molar-refractivity contribution is 6.66. The Labute approximate surface area is 120 Å². The molecule has 19 heavy (non-hydrogen) atoms. The summed E-state index contributed by atoms with van der Waals surface area (Å²) in [6.07, 6.45) is 2.53. The van der Waals surface area contributed by atoms with Gasteiger partial charge < -0.3 is 5.11 Å². The molecule has 4 fully saturated rings. The van der Waals surface area contributed by atoms with Crippen LogP contribution < -0.4 is 0 Å². The summed E-state index contributed by atoms with van der Waals surface area (Å²) in [5, 5.41) is 8.54. The van der Waals surface area contributed by atoms with Crippen LogP contribution in [0.3, 0.4) is 0 Å². The fourth-order valence-corrected chi connectivity index (χ4v) is 5.54. The summed E-state index contributed by atoms with van der Waals surface area (Å²) in [5.41, 5.74) is -2.75. The molecule has 4 nitrogen and oxygen atoms in total. The van der Waals surface area contributed by atoms with Gasteiger partial charge in [0.2, 0.25) is 10.5 Å². The highest BCUT2D eigenvalue weighted by Gasteiger charge is 2.69. The molecular weight excluding hydrogens is 291 g/mol. The Hall–Kier alpha value is -0.610. The Morgan fingerprint density at radius 2 is 1.21 bits per heavy atom. The Morgan fingerprint density at radius 3 is 1.58 bits per heavy atom. The Kier molecular flexibility index (Phi) is 2.63. The number of carbonyl (C=O) groups is 3. The lowest BCUT2D eigenvalue weighted by atomic mass is 9.40. The minimum Gasteiger partial charge on any atom is -0.481 e. The van der Waals surface area contributed by atoms with Gasteiger partial charge in [0.15, 0.2) is 0 Å². The van der Waals surface area contributed by atoms with Crippen molar-refractivity contribution in [1.29, 1.82) is 0 Å². The predicted molar refractivity (Wildman–Crippen MR) is 67.8 cm³/mol. The fourth-order valence-electron chi connectivity index (χ4n) is 5.12. The fraction of sp³-hybridized carbons (Fsp3) is 0.769. The second kappa shape index (κ2) is 3.73. The lowest BCUT2D eigenvalue weighted by Crippen LogP contribution is -2.62. The van der Waals surface area contributed by atoms with E-state index < -0.39 is 32.7 Å². The van der Waals surface area contributed by atoms with Crippen LogP contribution in [0.25, 0.3) is 0 Å². The zero-order valence-electron chi connectivity index (χ0n) is 10.2. The van der Waals surface area contributed by atoms with Crippen LogP contribution in [0.1, 0.15) is 38.5 Å². The quantitative estimate of drug-likeness (QED) is 0.813. The van der Waals surface area contributed by atoms with Gasteiger partial charge in [-0.05, 0) is 67.6 Å². The van der Waals surface area contributed by atoms with Crippen LogP contribution in [0, 0.1) is 22.2 Å². The van der Waals surface area contributed by atoms with E-state index in [1.807, 2.05) is 0 Å². The first-order valence-corrected chi connectivity index (χ1v) is 7.13. The number of carboxylic acid groups (broad SMARTS) is 1. The Morgan fingerprint density at radius 1 is 0.842 bits per heavy atom. The van der Waals surface area contributed by atoms with Gasteiger partial charge in [-0.3, -0.25) is 14.4 Å². The molecule has 0 spiro atoms. The number of halogens is 2. The van der Waals surface area contributed by atoms with E-state index in [0.29, 0.717) is 25.7 Å². The topological polar surface area (TPSA) is 71.4 Å². The molecule has 0 amide bonds. The lowest BCUT2D eigenvalue weighted by Gasteiger charge is -2.62. The minimum absolute atomic E-state index is 0.0535. The second-order valence-corrected chi connectivity index (χ2v) is 7.39. The first-order valence-electron chi connectivity index (χ1n) is 6.37. The van der Waals surface area contributed by atoms with E-state index in [1.54, 1.807) is 0 Å². The number of rotatable bonds is 3. The van der Waals surface area contributed by atoms with Crippen molar-refractivity contribution in [3.63, 3.8) is 0 Å². The van der Waals surface area contributed by atoms with Crippen LogP contribution in [0.15, 0.2) is 0 Å². The zero-order valence-corrected chi connectivity index (χ0v) is 11.8. The van der Waals surface area contributed by atoms with Crippen molar-refractivity contribution in [2.24, 2.45) is 22.2 Å². The summed E-state index contributed by atoms with van der Waals surface area (Å²) in [6.45, 7) is 0. The third-order valence-corrected chi connectivity index (χ3v) is 6.16. The SMILES string of the molecule is O=C(O)C12CC3CC(C(=O)Cl)(C1)CC(C(=O)Cl)(C3)C2. The van der Waals surface area contributed by atoms with Crippen LogP contribution >= 0.6 is 23.2 Å². The van der Waals surface area contributed by atoms with Gasteiger partial charge in [-0.2, -0.15) is 0 Å². The molecule has 4 saturated carbocycles. The van der Waals surface area contributed by atoms with E-state index in [2.05, 4.69) is 0 Å². The molecule has 4 rings (SSSR count). The molecule has 4 aliphatic carbocycles. The van der Waals surface area contributed by atoms with Crippen molar-refractivity contribution in [2.45, 2.75) is 38.5 Å². The van der Waals surface area contributed by atoms with Crippen LogP contribution in [-0.2, 0) is 14.4 Å². The van der Waals surface area contributed by atoms with E-state index in [4.69, 9.17) is 23.2 Å². The van der Waals surface area contributed by atoms with Crippen molar-refractivity contribution in [3.05, 3.63) is 0 Å². The Balaban J connectivity index is 2.13.